The van der Waals surface area contributed by atoms with E-state index in [0.29, 0.717) is 17.0 Å². The van der Waals surface area contributed by atoms with Gasteiger partial charge >= 0.3 is 5.97 Å². The minimum absolute atomic E-state index is 0.202. The Bertz CT molecular complexity index is 1290. The average molecular weight is 456 g/mol. The van der Waals surface area contributed by atoms with Gasteiger partial charge in [-0.05, 0) is 36.4 Å². The van der Waals surface area contributed by atoms with Gasteiger partial charge in [0.1, 0.15) is 5.75 Å². The molecule has 0 saturated carbocycles. The molecule has 8 heteroatoms. The Morgan fingerprint density at radius 1 is 0.824 bits per heavy atom. The maximum Gasteiger partial charge on any atom is 0.305 e. The number of carbonyl (C=O) groups excluding carboxylic acids is 4. The van der Waals surface area contributed by atoms with Gasteiger partial charge in [0.25, 0.3) is 17.7 Å². The number of methoxy groups -OCH3 is 1. The maximum absolute atomic E-state index is 13.7. The van der Waals surface area contributed by atoms with Crippen LogP contribution >= 0.6 is 0 Å². The summed E-state index contributed by atoms with van der Waals surface area (Å²) in [7, 11) is 1.52. The van der Waals surface area contributed by atoms with Crippen molar-refractivity contribution in [3.05, 3.63) is 95.6 Å². The molecule has 0 radical (unpaired) electrons. The van der Waals surface area contributed by atoms with E-state index in [0.717, 1.165) is 4.90 Å². The minimum Gasteiger partial charge on any atom is -0.497 e. The molecule has 0 N–H and O–H groups in total. The number of imide groups is 1. The van der Waals surface area contributed by atoms with Crippen LogP contribution in [0.15, 0.2) is 78.9 Å². The minimum atomic E-state index is -1.74. The monoisotopic (exact) mass is 456 g/mol. The summed E-state index contributed by atoms with van der Waals surface area (Å²) in [6.07, 6.45) is 0. The largest absolute Gasteiger partial charge is 0.497 e. The first-order valence-corrected chi connectivity index (χ1v) is 10.6. The summed E-state index contributed by atoms with van der Waals surface area (Å²) in [6, 6.07) is 20.3. The normalized spacial score (nSPS) is 21.2. The molecule has 2 heterocycles. The molecule has 5 rings (SSSR count). The van der Waals surface area contributed by atoms with E-state index >= 15 is 0 Å². The lowest BCUT2D eigenvalue weighted by Gasteiger charge is -2.57. The quantitative estimate of drug-likeness (QED) is 0.333. The Morgan fingerprint density at radius 2 is 1.38 bits per heavy atom. The van der Waals surface area contributed by atoms with Gasteiger partial charge in [-0.1, -0.05) is 42.5 Å². The zero-order chi connectivity index (χ0) is 24.0. The summed E-state index contributed by atoms with van der Waals surface area (Å²) in [5.74, 6) is -1.87. The van der Waals surface area contributed by atoms with Crippen LogP contribution in [0.3, 0.4) is 0 Å². The molecule has 0 aromatic heterocycles. The highest BCUT2D eigenvalue weighted by Crippen LogP contribution is 2.50. The Labute approximate surface area is 195 Å². The van der Waals surface area contributed by atoms with Crippen molar-refractivity contribution in [2.45, 2.75) is 18.7 Å². The number of carbonyl (C=O) groups is 4. The molecule has 170 valence electrons. The summed E-state index contributed by atoms with van der Waals surface area (Å²) in [6.45, 7) is 1.22. The van der Waals surface area contributed by atoms with Crippen molar-refractivity contribution in [2.75, 3.05) is 12.0 Å². The van der Waals surface area contributed by atoms with E-state index in [4.69, 9.17) is 9.47 Å². The van der Waals surface area contributed by atoms with Crippen LogP contribution < -0.4 is 9.64 Å². The van der Waals surface area contributed by atoms with E-state index in [2.05, 4.69) is 0 Å². The second-order valence-corrected chi connectivity index (χ2v) is 7.96. The van der Waals surface area contributed by atoms with Crippen molar-refractivity contribution in [2.24, 2.45) is 0 Å². The number of anilines is 1. The molecule has 2 atom stereocenters. The molecule has 0 aliphatic carbocycles. The summed E-state index contributed by atoms with van der Waals surface area (Å²) in [5, 5.41) is 0. The van der Waals surface area contributed by atoms with Gasteiger partial charge in [-0.25, -0.2) is 0 Å². The van der Waals surface area contributed by atoms with E-state index in [9.17, 15) is 19.2 Å². The molecule has 3 aromatic rings. The lowest BCUT2D eigenvalue weighted by molar-refractivity contribution is -0.183. The number of hydrogen-bond donors (Lipinski definition) is 0. The van der Waals surface area contributed by atoms with E-state index < -0.39 is 35.5 Å². The molecule has 2 aliphatic rings. The number of nitrogens with zero attached hydrogens (tertiary/aromatic N) is 2. The van der Waals surface area contributed by atoms with Crippen molar-refractivity contribution in [1.82, 2.24) is 4.90 Å². The Balaban J connectivity index is 1.70. The summed E-state index contributed by atoms with van der Waals surface area (Å²) < 4.78 is 11.1. The first-order chi connectivity index (χ1) is 16.4. The topological polar surface area (TPSA) is 93.2 Å². The highest BCUT2D eigenvalue weighted by Gasteiger charge is 2.70. The van der Waals surface area contributed by atoms with Gasteiger partial charge < -0.3 is 9.47 Å². The van der Waals surface area contributed by atoms with Crippen LogP contribution in [-0.4, -0.2) is 41.7 Å². The lowest BCUT2D eigenvalue weighted by atomic mass is 9.81. The van der Waals surface area contributed by atoms with Crippen LogP contribution in [0.4, 0.5) is 5.69 Å². The van der Waals surface area contributed by atoms with E-state index in [1.807, 2.05) is 0 Å². The molecule has 2 aliphatic heterocycles. The predicted molar refractivity (Wildman–Crippen MR) is 121 cm³/mol. The number of amides is 3. The second kappa shape index (κ2) is 7.84. The molecular formula is C26H20N2O6. The number of fused-ring (bicyclic) bond motifs is 1. The highest BCUT2D eigenvalue weighted by atomic mass is 16.6. The van der Waals surface area contributed by atoms with Crippen LogP contribution in [0.2, 0.25) is 0 Å². The van der Waals surface area contributed by atoms with Gasteiger partial charge in [-0.15, -0.1) is 0 Å². The van der Waals surface area contributed by atoms with E-state index in [-0.39, 0.29) is 11.1 Å². The molecule has 3 aromatic carbocycles. The van der Waals surface area contributed by atoms with Crippen molar-refractivity contribution < 1.29 is 28.7 Å². The first kappa shape index (κ1) is 21.4. The van der Waals surface area contributed by atoms with Crippen molar-refractivity contribution in [3.8, 4) is 5.75 Å². The van der Waals surface area contributed by atoms with Gasteiger partial charge in [0, 0.05) is 18.2 Å². The number of β-lactam (4-membered cyclic amide) rings is 1. The zero-order valence-corrected chi connectivity index (χ0v) is 18.4. The molecule has 3 amide bonds. The predicted octanol–water partition coefficient (Wildman–Crippen LogP) is 3.12. The maximum atomic E-state index is 13.7. The molecule has 34 heavy (non-hydrogen) atoms. The highest BCUT2D eigenvalue weighted by molar-refractivity contribution is 6.25. The zero-order valence-electron chi connectivity index (χ0n) is 18.4. The third-order valence-corrected chi connectivity index (χ3v) is 6.06. The smallest absolute Gasteiger partial charge is 0.305 e. The summed E-state index contributed by atoms with van der Waals surface area (Å²) in [4.78, 5) is 54.9. The summed E-state index contributed by atoms with van der Waals surface area (Å²) in [5.41, 5.74) is -0.474. The molecule has 1 fully saturated rings. The Hall–Kier alpha value is -4.46. The van der Waals surface area contributed by atoms with Gasteiger partial charge in [0.2, 0.25) is 5.72 Å². The van der Waals surface area contributed by atoms with Gasteiger partial charge in [0.15, 0.2) is 6.04 Å². The molecule has 0 bridgehead atoms. The Kier molecular flexibility index (Phi) is 4.93. The van der Waals surface area contributed by atoms with Gasteiger partial charge in [0.05, 0.1) is 18.2 Å². The fourth-order valence-electron chi connectivity index (χ4n) is 4.63. The fraction of sp³-hybridized carbons (Fsp3) is 0.154. The molecule has 0 spiro atoms. The SMILES string of the molecule is COc1ccc(N2C(=O)[C@@H](N3C(=O)c4ccccc4C3=O)[C@@]2(OC(C)=O)c2ccccc2)cc1. The van der Waals surface area contributed by atoms with Crippen LogP contribution in [0.5, 0.6) is 5.75 Å². The van der Waals surface area contributed by atoms with E-state index in [1.165, 1.54) is 31.1 Å². The van der Waals surface area contributed by atoms with Crippen LogP contribution in [0.25, 0.3) is 0 Å². The van der Waals surface area contributed by atoms with Crippen LogP contribution in [0.1, 0.15) is 33.2 Å². The van der Waals surface area contributed by atoms with Gasteiger partial charge in [-0.3, -0.25) is 29.0 Å². The molecule has 0 unspecified atom stereocenters. The van der Waals surface area contributed by atoms with Gasteiger partial charge in [-0.2, -0.15) is 0 Å². The standard InChI is InChI=1S/C26H20N2O6/c1-16(29)34-26(17-8-4-3-5-9-17)22(25(32)28(26)18-12-14-19(33-2)15-13-18)27-23(30)20-10-6-7-11-21(20)24(27)31/h3-15,22H,1-2H3/t22-,26+/m1/s1. The van der Waals surface area contributed by atoms with Crippen LogP contribution in [-0.2, 0) is 20.1 Å². The second-order valence-electron chi connectivity index (χ2n) is 7.96. The number of esters is 1. The molecule has 8 nitrogen and oxygen atoms in total. The summed E-state index contributed by atoms with van der Waals surface area (Å²) >= 11 is 0. The first-order valence-electron chi connectivity index (χ1n) is 10.6. The lowest BCUT2D eigenvalue weighted by Crippen LogP contribution is -2.79. The van der Waals surface area contributed by atoms with Crippen molar-refractivity contribution >= 4 is 29.4 Å². The number of rotatable bonds is 5. The Morgan fingerprint density at radius 3 is 1.91 bits per heavy atom. The van der Waals surface area contributed by atoms with Crippen molar-refractivity contribution in [3.63, 3.8) is 0 Å². The molecular weight excluding hydrogens is 436 g/mol. The average Bonchev–Trinajstić information content (AvgIpc) is 3.09. The number of hydrogen-bond acceptors (Lipinski definition) is 6. The number of ether oxygens (including phenoxy) is 2. The molecule has 1 saturated heterocycles. The van der Waals surface area contributed by atoms with Crippen LogP contribution in [0, 0.1) is 0 Å². The van der Waals surface area contributed by atoms with E-state index in [1.54, 1.807) is 66.7 Å². The third kappa shape index (κ3) is 2.92. The number of benzene rings is 3. The fourth-order valence-corrected chi connectivity index (χ4v) is 4.63. The third-order valence-electron chi connectivity index (χ3n) is 6.06. The van der Waals surface area contributed by atoms with Crippen molar-refractivity contribution in [1.29, 1.82) is 0 Å².